The lowest BCUT2D eigenvalue weighted by Gasteiger charge is -2.23. The molecule has 5 nitrogen and oxygen atoms in total. The maximum Gasteiger partial charge on any atom is 0.245 e. The normalized spacial score (nSPS) is 19.3. The van der Waals surface area contributed by atoms with Crippen LogP contribution in [0.4, 0.5) is 0 Å². The van der Waals surface area contributed by atoms with E-state index < -0.39 is 16.1 Å². The Kier molecular flexibility index (Phi) is 6.57. The van der Waals surface area contributed by atoms with Crippen LogP contribution in [0.1, 0.15) is 13.8 Å². The minimum absolute atomic E-state index is 0.163. The van der Waals surface area contributed by atoms with Gasteiger partial charge in [-0.3, -0.25) is 4.79 Å². The van der Waals surface area contributed by atoms with Gasteiger partial charge in [0.05, 0.1) is 10.8 Å². The van der Waals surface area contributed by atoms with E-state index in [0.717, 1.165) is 0 Å². The SMILES string of the molecule is CC(C)CNC(=O)C1CSCN1S(=O)(=O)c1cc(Br)ccc1Br. The van der Waals surface area contributed by atoms with Crippen LogP contribution in [0.3, 0.4) is 0 Å². The Morgan fingerprint density at radius 2 is 2.13 bits per heavy atom. The molecular formula is C14H18Br2N2O3S2. The van der Waals surface area contributed by atoms with Gasteiger partial charge in [-0.25, -0.2) is 8.42 Å². The number of benzene rings is 1. The fourth-order valence-electron chi connectivity index (χ4n) is 2.09. The molecule has 0 aliphatic carbocycles. The molecule has 1 aromatic carbocycles. The summed E-state index contributed by atoms with van der Waals surface area (Å²) in [5, 5.41) is 2.82. The second-order valence-electron chi connectivity index (χ2n) is 5.62. The smallest absolute Gasteiger partial charge is 0.245 e. The van der Waals surface area contributed by atoms with Crippen molar-refractivity contribution in [2.45, 2.75) is 24.8 Å². The molecule has 1 aliphatic rings. The molecule has 0 radical (unpaired) electrons. The Bertz CT molecular complexity index is 695. The number of nitrogens with zero attached hydrogens (tertiary/aromatic N) is 1. The summed E-state index contributed by atoms with van der Waals surface area (Å²) in [7, 11) is -3.75. The Labute approximate surface area is 157 Å². The standard InChI is InChI=1S/C14H18Br2N2O3S2/c1-9(2)6-17-14(19)12-7-22-8-18(12)23(20,21)13-5-10(15)3-4-11(13)16/h3-5,9,12H,6-8H2,1-2H3,(H,17,19). The van der Waals surface area contributed by atoms with E-state index in [1.54, 1.807) is 18.2 Å². The van der Waals surface area contributed by atoms with Crippen molar-refractivity contribution in [2.75, 3.05) is 18.2 Å². The molecule has 1 fully saturated rings. The van der Waals surface area contributed by atoms with E-state index in [1.165, 1.54) is 16.1 Å². The van der Waals surface area contributed by atoms with Crippen LogP contribution < -0.4 is 5.32 Å². The molecule has 1 heterocycles. The largest absolute Gasteiger partial charge is 0.354 e. The van der Waals surface area contributed by atoms with Crippen molar-refractivity contribution in [3.63, 3.8) is 0 Å². The predicted octanol–water partition coefficient (Wildman–Crippen LogP) is 3.05. The molecule has 1 amide bonds. The first kappa shape index (κ1) is 19.2. The van der Waals surface area contributed by atoms with Crippen molar-refractivity contribution in [3.05, 3.63) is 27.1 Å². The number of halogens is 2. The highest BCUT2D eigenvalue weighted by Crippen LogP contribution is 2.33. The number of carbonyl (C=O) groups excluding carboxylic acids is 1. The van der Waals surface area contributed by atoms with Crippen molar-refractivity contribution < 1.29 is 13.2 Å². The molecule has 0 bridgehead atoms. The van der Waals surface area contributed by atoms with Gasteiger partial charge >= 0.3 is 0 Å². The summed E-state index contributed by atoms with van der Waals surface area (Å²) < 4.78 is 28.3. The van der Waals surface area contributed by atoms with E-state index in [9.17, 15) is 13.2 Å². The molecule has 23 heavy (non-hydrogen) atoms. The van der Waals surface area contributed by atoms with Gasteiger partial charge in [0.25, 0.3) is 0 Å². The number of thioether (sulfide) groups is 1. The maximum absolute atomic E-state index is 12.9. The molecular weight excluding hydrogens is 468 g/mol. The highest BCUT2D eigenvalue weighted by Gasteiger charge is 2.40. The Morgan fingerprint density at radius 1 is 1.43 bits per heavy atom. The monoisotopic (exact) mass is 484 g/mol. The molecule has 1 unspecified atom stereocenters. The van der Waals surface area contributed by atoms with Crippen LogP contribution >= 0.6 is 43.6 Å². The first-order chi connectivity index (χ1) is 10.7. The first-order valence-electron chi connectivity index (χ1n) is 7.06. The fraction of sp³-hybridized carbons (Fsp3) is 0.500. The zero-order valence-electron chi connectivity index (χ0n) is 12.8. The van der Waals surface area contributed by atoms with Gasteiger partial charge in [-0.1, -0.05) is 29.8 Å². The van der Waals surface area contributed by atoms with Crippen LogP contribution in [0.15, 0.2) is 32.0 Å². The van der Waals surface area contributed by atoms with Crippen LogP contribution in [-0.2, 0) is 14.8 Å². The number of hydrogen-bond donors (Lipinski definition) is 1. The van der Waals surface area contributed by atoms with Crippen molar-refractivity contribution >= 4 is 59.6 Å². The molecule has 0 saturated carbocycles. The molecule has 1 N–H and O–H groups in total. The lowest BCUT2D eigenvalue weighted by atomic mass is 10.2. The van der Waals surface area contributed by atoms with Gasteiger partial charge in [-0.05, 0) is 40.0 Å². The number of hydrogen-bond acceptors (Lipinski definition) is 4. The summed E-state index contributed by atoms with van der Waals surface area (Å²) in [6, 6.07) is 4.31. The summed E-state index contributed by atoms with van der Waals surface area (Å²) in [6.07, 6.45) is 0. The quantitative estimate of drug-likeness (QED) is 0.695. The molecule has 0 aromatic heterocycles. The van der Waals surface area contributed by atoms with Crippen LogP contribution in [0.5, 0.6) is 0 Å². The second-order valence-corrected chi connectivity index (χ2v) is 10.3. The van der Waals surface area contributed by atoms with Crippen molar-refractivity contribution in [1.29, 1.82) is 0 Å². The average molecular weight is 486 g/mol. The van der Waals surface area contributed by atoms with E-state index in [0.29, 0.717) is 27.2 Å². The molecule has 2 rings (SSSR count). The van der Waals surface area contributed by atoms with Crippen LogP contribution in [0.25, 0.3) is 0 Å². The number of rotatable bonds is 5. The molecule has 1 aromatic rings. The highest BCUT2D eigenvalue weighted by atomic mass is 79.9. The Balaban J connectivity index is 2.27. The van der Waals surface area contributed by atoms with Gasteiger partial charge in [0, 0.05) is 21.2 Å². The third kappa shape index (κ3) is 4.50. The summed E-state index contributed by atoms with van der Waals surface area (Å²) in [6.45, 7) is 4.53. The number of sulfonamides is 1. The lowest BCUT2D eigenvalue weighted by Crippen LogP contribution is -2.47. The predicted molar refractivity (Wildman–Crippen MR) is 99.8 cm³/mol. The second kappa shape index (κ2) is 7.86. The minimum atomic E-state index is -3.75. The summed E-state index contributed by atoms with van der Waals surface area (Å²) in [5.41, 5.74) is 0. The fourth-order valence-corrected chi connectivity index (χ4v) is 6.71. The van der Waals surface area contributed by atoms with E-state index in [1.807, 2.05) is 13.8 Å². The highest BCUT2D eigenvalue weighted by molar-refractivity contribution is 9.11. The molecule has 1 saturated heterocycles. The average Bonchev–Trinajstić information content (AvgIpc) is 2.97. The van der Waals surface area contributed by atoms with Crippen LogP contribution in [0.2, 0.25) is 0 Å². The van der Waals surface area contributed by atoms with E-state index >= 15 is 0 Å². The topological polar surface area (TPSA) is 66.5 Å². The van der Waals surface area contributed by atoms with E-state index in [4.69, 9.17) is 0 Å². The van der Waals surface area contributed by atoms with Crippen molar-refractivity contribution in [1.82, 2.24) is 9.62 Å². The number of amides is 1. The third-order valence-corrected chi connectivity index (χ3v) is 7.83. The molecule has 128 valence electrons. The number of nitrogens with one attached hydrogen (secondary N) is 1. The van der Waals surface area contributed by atoms with Gasteiger partial charge < -0.3 is 5.32 Å². The maximum atomic E-state index is 12.9. The third-order valence-electron chi connectivity index (χ3n) is 3.31. The summed E-state index contributed by atoms with van der Waals surface area (Å²) in [4.78, 5) is 12.5. The minimum Gasteiger partial charge on any atom is -0.354 e. The first-order valence-corrected chi connectivity index (χ1v) is 11.2. The van der Waals surface area contributed by atoms with E-state index in [2.05, 4.69) is 37.2 Å². The van der Waals surface area contributed by atoms with Gasteiger partial charge in [0.1, 0.15) is 6.04 Å². The molecule has 1 atom stereocenters. The molecule has 9 heteroatoms. The van der Waals surface area contributed by atoms with Crippen molar-refractivity contribution in [2.24, 2.45) is 5.92 Å². The van der Waals surface area contributed by atoms with Gasteiger partial charge in [0.15, 0.2) is 0 Å². The van der Waals surface area contributed by atoms with Crippen molar-refractivity contribution in [3.8, 4) is 0 Å². The molecule has 0 spiro atoms. The van der Waals surface area contributed by atoms with Gasteiger partial charge in [-0.15, -0.1) is 11.8 Å². The lowest BCUT2D eigenvalue weighted by molar-refractivity contribution is -0.123. The van der Waals surface area contributed by atoms with Gasteiger partial charge in [0.2, 0.25) is 15.9 Å². The van der Waals surface area contributed by atoms with E-state index in [-0.39, 0.29) is 16.7 Å². The summed E-state index contributed by atoms with van der Waals surface area (Å²) in [5.74, 6) is 0.825. The Hall–Kier alpha value is -0.0900. The summed E-state index contributed by atoms with van der Waals surface area (Å²) >= 11 is 8.02. The van der Waals surface area contributed by atoms with Crippen LogP contribution in [-0.4, -0.2) is 42.8 Å². The number of carbonyl (C=O) groups is 1. The zero-order valence-corrected chi connectivity index (χ0v) is 17.6. The Morgan fingerprint density at radius 3 is 2.78 bits per heavy atom. The van der Waals surface area contributed by atoms with Gasteiger partial charge in [-0.2, -0.15) is 4.31 Å². The molecule has 1 aliphatic heterocycles. The van der Waals surface area contributed by atoms with Crippen LogP contribution in [0, 0.1) is 5.92 Å². The zero-order chi connectivity index (χ0) is 17.2.